The van der Waals surface area contributed by atoms with Gasteiger partial charge in [-0.25, -0.2) is 0 Å². The highest BCUT2D eigenvalue weighted by atomic mass is 16.5. The molecular weight excluding hydrogens is 364 g/mol. The van der Waals surface area contributed by atoms with Crippen LogP contribution in [0, 0.1) is 5.92 Å². The van der Waals surface area contributed by atoms with Crippen molar-refractivity contribution in [1.82, 2.24) is 15.0 Å². The fourth-order valence-electron chi connectivity index (χ4n) is 4.15. The maximum Gasteiger partial charge on any atom is 0.231 e. The van der Waals surface area contributed by atoms with Crippen LogP contribution in [0.5, 0.6) is 0 Å². The molecular formula is C22H28N6O. The van der Waals surface area contributed by atoms with E-state index in [2.05, 4.69) is 62.3 Å². The van der Waals surface area contributed by atoms with Gasteiger partial charge < -0.3 is 24.8 Å². The van der Waals surface area contributed by atoms with Crippen LogP contribution < -0.4 is 15.1 Å². The molecule has 152 valence electrons. The largest absolute Gasteiger partial charge is 0.378 e. The molecule has 29 heavy (non-hydrogen) atoms. The predicted molar refractivity (Wildman–Crippen MR) is 117 cm³/mol. The van der Waals surface area contributed by atoms with Crippen LogP contribution in [0.3, 0.4) is 0 Å². The van der Waals surface area contributed by atoms with E-state index in [4.69, 9.17) is 9.72 Å². The Morgan fingerprint density at radius 3 is 2.48 bits per heavy atom. The second kappa shape index (κ2) is 7.91. The van der Waals surface area contributed by atoms with E-state index >= 15 is 0 Å². The summed E-state index contributed by atoms with van der Waals surface area (Å²) in [6.45, 7) is 7.90. The van der Waals surface area contributed by atoms with Gasteiger partial charge in [0.15, 0.2) is 0 Å². The summed E-state index contributed by atoms with van der Waals surface area (Å²) in [4.78, 5) is 17.6. The van der Waals surface area contributed by atoms with Crippen molar-refractivity contribution in [1.29, 1.82) is 0 Å². The van der Waals surface area contributed by atoms with Crippen LogP contribution in [0.4, 0.5) is 23.1 Å². The molecule has 0 spiro atoms. The number of nitrogens with one attached hydrogen (secondary N) is 2. The smallest absolute Gasteiger partial charge is 0.231 e. The highest BCUT2D eigenvalue weighted by Gasteiger charge is 2.20. The number of fused-ring (bicyclic) bond motifs is 1. The SMILES string of the molecule is CC1CCN(c2nc(Nc3ccc(N4CCOCC4)cc3)nc3[nH]ccc23)CC1. The number of nitrogens with zero attached hydrogens (tertiary/aromatic N) is 4. The van der Waals surface area contributed by atoms with Crippen molar-refractivity contribution >= 4 is 34.2 Å². The molecule has 2 aliphatic heterocycles. The van der Waals surface area contributed by atoms with Gasteiger partial charge in [-0.3, -0.25) is 0 Å². The zero-order chi connectivity index (χ0) is 19.6. The number of aromatic amines is 1. The number of aromatic nitrogens is 3. The minimum Gasteiger partial charge on any atom is -0.378 e. The minimum absolute atomic E-state index is 0.632. The van der Waals surface area contributed by atoms with Crippen molar-refractivity contribution in [3.63, 3.8) is 0 Å². The zero-order valence-corrected chi connectivity index (χ0v) is 16.9. The third kappa shape index (κ3) is 3.87. The van der Waals surface area contributed by atoms with Crippen LogP contribution in [0.15, 0.2) is 36.5 Å². The summed E-state index contributed by atoms with van der Waals surface area (Å²) in [7, 11) is 0. The third-order valence-corrected chi connectivity index (χ3v) is 5.98. The summed E-state index contributed by atoms with van der Waals surface area (Å²) >= 11 is 0. The first kappa shape index (κ1) is 18.2. The Hall–Kier alpha value is -2.80. The van der Waals surface area contributed by atoms with Crippen molar-refractivity contribution in [2.24, 2.45) is 5.92 Å². The van der Waals surface area contributed by atoms with Crippen molar-refractivity contribution in [3.05, 3.63) is 36.5 Å². The van der Waals surface area contributed by atoms with Gasteiger partial charge in [0.2, 0.25) is 5.95 Å². The van der Waals surface area contributed by atoms with E-state index < -0.39 is 0 Å². The molecule has 2 aliphatic rings. The highest BCUT2D eigenvalue weighted by molar-refractivity contribution is 5.89. The number of hydrogen-bond acceptors (Lipinski definition) is 6. The summed E-state index contributed by atoms with van der Waals surface area (Å²) in [6, 6.07) is 10.6. The normalized spacial score (nSPS) is 18.4. The Labute approximate surface area is 171 Å². The molecule has 0 atom stereocenters. The summed E-state index contributed by atoms with van der Waals surface area (Å²) in [6.07, 6.45) is 4.36. The van der Waals surface area contributed by atoms with E-state index in [1.54, 1.807) is 0 Å². The van der Waals surface area contributed by atoms with Crippen molar-refractivity contribution < 1.29 is 4.74 Å². The van der Waals surface area contributed by atoms with Gasteiger partial charge in [0.1, 0.15) is 11.5 Å². The fraction of sp³-hybridized carbons (Fsp3) is 0.455. The van der Waals surface area contributed by atoms with Crippen LogP contribution in [0.25, 0.3) is 11.0 Å². The average molecular weight is 393 g/mol. The maximum atomic E-state index is 5.44. The molecule has 7 nitrogen and oxygen atoms in total. The lowest BCUT2D eigenvalue weighted by atomic mass is 9.99. The maximum absolute atomic E-state index is 5.44. The number of piperidine rings is 1. The Balaban J connectivity index is 1.37. The summed E-state index contributed by atoms with van der Waals surface area (Å²) in [5, 5.41) is 4.48. The first-order valence-corrected chi connectivity index (χ1v) is 10.6. The van der Waals surface area contributed by atoms with Gasteiger partial charge in [-0.2, -0.15) is 9.97 Å². The monoisotopic (exact) mass is 392 g/mol. The molecule has 0 bridgehead atoms. The van der Waals surface area contributed by atoms with E-state index in [-0.39, 0.29) is 0 Å². The first-order chi connectivity index (χ1) is 14.3. The van der Waals surface area contributed by atoms with Crippen LogP contribution in [-0.4, -0.2) is 54.3 Å². The van der Waals surface area contributed by atoms with Gasteiger partial charge in [-0.05, 0) is 49.1 Å². The lowest BCUT2D eigenvalue weighted by molar-refractivity contribution is 0.122. The number of hydrogen-bond donors (Lipinski definition) is 2. The Morgan fingerprint density at radius 2 is 1.72 bits per heavy atom. The molecule has 2 fully saturated rings. The molecule has 5 rings (SSSR count). The molecule has 2 aromatic heterocycles. The van der Waals surface area contributed by atoms with E-state index in [0.29, 0.717) is 5.95 Å². The number of ether oxygens (including phenoxy) is 1. The Kier molecular flexibility index (Phi) is 4.97. The number of benzene rings is 1. The molecule has 0 unspecified atom stereocenters. The number of morpholine rings is 1. The van der Waals surface area contributed by atoms with Gasteiger partial charge in [0, 0.05) is 43.8 Å². The topological polar surface area (TPSA) is 69.3 Å². The fourth-order valence-corrected chi connectivity index (χ4v) is 4.15. The second-order valence-electron chi connectivity index (χ2n) is 8.05. The van der Waals surface area contributed by atoms with E-state index in [1.165, 1.54) is 18.5 Å². The van der Waals surface area contributed by atoms with E-state index in [9.17, 15) is 0 Å². The van der Waals surface area contributed by atoms with Crippen LogP contribution in [-0.2, 0) is 4.74 Å². The quantitative estimate of drug-likeness (QED) is 0.704. The lowest BCUT2D eigenvalue weighted by Gasteiger charge is -2.31. The standard InChI is InChI=1S/C22H28N6O/c1-16-7-10-28(11-8-16)21-19-6-9-23-20(19)25-22(26-21)24-17-2-4-18(5-3-17)27-12-14-29-15-13-27/h2-6,9,16H,7-8,10-15H2,1H3,(H2,23,24,25,26). The van der Waals surface area contributed by atoms with Crippen LogP contribution in [0.2, 0.25) is 0 Å². The molecule has 7 heteroatoms. The van der Waals surface area contributed by atoms with Gasteiger partial charge in [0.25, 0.3) is 0 Å². The first-order valence-electron chi connectivity index (χ1n) is 10.6. The molecule has 2 saturated heterocycles. The average Bonchev–Trinajstić information content (AvgIpc) is 3.24. The summed E-state index contributed by atoms with van der Waals surface area (Å²) in [5.74, 6) is 2.45. The third-order valence-electron chi connectivity index (χ3n) is 5.98. The molecule has 0 aliphatic carbocycles. The molecule has 0 radical (unpaired) electrons. The molecule has 2 N–H and O–H groups in total. The molecule has 3 aromatic rings. The lowest BCUT2D eigenvalue weighted by Crippen LogP contribution is -2.36. The van der Waals surface area contributed by atoms with Crippen molar-refractivity contribution in [2.45, 2.75) is 19.8 Å². The summed E-state index contributed by atoms with van der Waals surface area (Å²) < 4.78 is 5.44. The predicted octanol–water partition coefficient (Wildman–Crippen LogP) is 3.77. The van der Waals surface area contributed by atoms with Crippen molar-refractivity contribution in [2.75, 3.05) is 54.5 Å². The van der Waals surface area contributed by atoms with Gasteiger partial charge >= 0.3 is 0 Å². The van der Waals surface area contributed by atoms with Crippen LogP contribution >= 0.6 is 0 Å². The van der Waals surface area contributed by atoms with Crippen LogP contribution in [0.1, 0.15) is 19.8 Å². The molecule has 0 saturated carbocycles. The van der Waals surface area contributed by atoms with E-state index in [1.807, 2.05) is 6.20 Å². The summed E-state index contributed by atoms with van der Waals surface area (Å²) in [5.41, 5.74) is 3.09. The highest BCUT2D eigenvalue weighted by Crippen LogP contribution is 2.29. The number of anilines is 4. The Bertz CT molecular complexity index is 955. The Morgan fingerprint density at radius 1 is 0.966 bits per heavy atom. The number of rotatable bonds is 4. The second-order valence-corrected chi connectivity index (χ2v) is 8.05. The zero-order valence-electron chi connectivity index (χ0n) is 16.9. The molecule has 1 aromatic carbocycles. The van der Waals surface area contributed by atoms with E-state index in [0.717, 1.165) is 67.8 Å². The number of H-pyrrole nitrogens is 1. The minimum atomic E-state index is 0.632. The molecule has 4 heterocycles. The van der Waals surface area contributed by atoms with Gasteiger partial charge in [0.05, 0.1) is 18.6 Å². The van der Waals surface area contributed by atoms with Gasteiger partial charge in [-0.1, -0.05) is 6.92 Å². The molecule has 0 amide bonds. The van der Waals surface area contributed by atoms with Gasteiger partial charge in [-0.15, -0.1) is 0 Å². The van der Waals surface area contributed by atoms with Crippen molar-refractivity contribution in [3.8, 4) is 0 Å².